The van der Waals surface area contributed by atoms with Crippen LogP contribution in [-0.2, 0) is 0 Å². The van der Waals surface area contributed by atoms with Crippen molar-refractivity contribution in [1.29, 1.82) is 0 Å². The Morgan fingerprint density at radius 2 is 2.05 bits per heavy atom. The number of rotatable bonds is 6. The molecule has 0 aromatic carbocycles. The normalized spacial score (nSPS) is 11.9. The smallest absolute Gasteiger partial charge is 0.354 e. The van der Waals surface area contributed by atoms with Crippen molar-refractivity contribution in [3.8, 4) is 0 Å². The number of aromatic nitrogens is 4. The van der Waals surface area contributed by atoms with Crippen LogP contribution in [0.3, 0.4) is 0 Å². The quantitative estimate of drug-likeness (QED) is 0.858. The summed E-state index contributed by atoms with van der Waals surface area (Å²) < 4.78 is 38.1. The van der Waals surface area contributed by atoms with Crippen LogP contribution in [0.15, 0.2) is 6.20 Å². The van der Waals surface area contributed by atoms with Gasteiger partial charge in [0.05, 0.1) is 11.6 Å². The predicted octanol–water partition coefficient (Wildman–Crippen LogP) is 2.56. The Bertz CT molecular complexity index is 594. The third kappa shape index (κ3) is 3.73. The third-order valence-electron chi connectivity index (χ3n) is 2.87. The lowest BCUT2D eigenvalue weighted by Gasteiger charge is -2.24. The molecule has 21 heavy (non-hydrogen) atoms. The topological polar surface area (TPSA) is 69.7 Å². The van der Waals surface area contributed by atoms with E-state index in [2.05, 4.69) is 25.5 Å². The SMILES string of the molecule is CCCNc1nc(N(CC)CC(F)(F)F)c2cn[nH]c2n1. The van der Waals surface area contributed by atoms with Crippen molar-refractivity contribution >= 4 is 22.8 Å². The van der Waals surface area contributed by atoms with Crippen LogP contribution in [0.1, 0.15) is 20.3 Å². The van der Waals surface area contributed by atoms with Gasteiger partial charge in [-0.2, -0.15) is 28.2 Å². The molecule has 0 saturated heterocycles. The zero-order valence-corrected chi connectivity index (χ0v) is 11.8. The largest absolute Gasteiger partial charge is 0.405 e. The molecule has 0 aliphatic rings. The minimum absolute atomic E-state index is 0.185. The van der Waals surface area contributed by atoms with Gasteiger partial charge in [-0.15, -0.1) is 0 Å². The lowest BCUT2D eigenvalue weighted by Crippen LogP contribution is -2.35. The van der Waals surface area contributed by atoms with E-state index in [9.17, 15) is 13.2 Å². The molecule has 6 nitrogen and oxygen atoms in total. The van der Waals surface area contributed by atoms with E-state index in [0.717, 1.165) is 11.3 Å². The summed E-state index contributed by atoms with van der Waals surface area (Å²) in [5.74, 6) is 0.524. The average molecular weight is 302 g/mol. The predicted molar refractivity (Wildman–Crippen MR) is 74.4 cm³/mol. The molecule has 2 N–H and O–H groups in total. The van der Waals surface area contributed by atoms with Gasteiger partial charge in [0.25, 0.3) is 0 Å². The molecule has 2 aromatic rings. The number of nitrogens with one attached hydrogen (secondary N) is 2. The van der Waals surface area contributed by atoms with Gasteiger partial charge in [0.1, 0.15) is 12.4 Å². The van der Waals surface area contributed by atoms with Crippen molar-refractivity contribution in [3.05, 3.63) is 6.20 Å². The van der Waals surface area contributed by atoms with Crippen molar-refractivity contribution in [1.82, 2.24) is 20.2 Å². The van der Waals surface area contributed by atoms with Crippen LogP contribution in [0.2, 0.25) is 0 Å². The second-order valence-electron chi connectivity index (χ2n) is 4.56. The molecule has 2 rings (SSSR count). The summed E-state index contributed by atoms with van der Waals surface area (Å²) in [7, 11) is 0. The molecular weight excluding hydrogens is 285 g/mol. The maximum atomic E-state index is 12.7. The van der Waals surface area contributed by atoms with Crippen molar-refractivity contribution < 1.29 is 13.2 Å². The summed E-state index contributed by atoms with van der Waals surface area (Å²) in [6.07, 6.45) is -2.00. The molecule has 0 fully saturated rings. The van der Waals surface area contributed by atoms with E-state index < -0.39 is 12.7 Å². The van der Waals surface area contributed by atoms with E-state index in [1.165, 1.54) is 6.20 Å². The molecule has 0 atom stereocenters. The lowest BCUT2D eigenvalue weighted by molar-refractivity contribution is -0.119. The van der Waals surface area contributed by atoms with E-state index in [1.807, 2.05) is 6.92 Å². The summed E-state index contributed by atoms with van der Waals surface area (Å²) in [5, 5.41) is 9.96. The van der Waals surface area contributed by atoms with Crippen LogP contribution in [-0.4, -0.2) is 46.0 Å². The summed E-state index contributed by atoms with van der Waals surface area (Å²) >= 11 is 0. The van der Waals surface area contributed by atoms with Gasteiger partial charge >= 0.3 is 6.18 Å². The van der Waals surface area contributed by atoms with Crippen molar-refractivity contribution in [2.45, 2.75) is 26.4 Å². The fourth-order valence-corrected chi connectivity index (χ4v) is 1.93. The van der Waals surface area contributed by atoms with E-state index in [0.29, 0.717) is 23.5 Å². The Hall–Kier alpha value is -2.06. The highest BCUT2D eigenvalue weighted by atomic mass is 19.4. The van der Waals surface area contributed by atoms with E-state index in [1.54, 1.807) is 6.92 Å². The van der Waals surface area contributed by atoms with Crippen LogP contribution < -0.4 is 10.2 Å². The van der Waals surface area contributed by atoms with Crippen molar-refractivity contribution in [2.24, 2.45) is 0 Å². The number of nitrogens with zero attached hydrogens (tertiary/aromatic N) is 4. The monoisotopic (exact) mass is 302 g/mol. The molecule has 0 unspecified atom stereocenters. The van der Waals surface area contributed by atoms with Crippen LogP contribution in [0, 0.1) is 0 Å². The van der Waals surface area contributed by atoms with Crippen LogP contribution in [0.25, 0.3) is 11.0 Å². The highest BCUT2D eigenvalue weighted by Crippen LogP contribution is 2.27. The second kappa shape index (κ2) is 6.15. The maximum Gasteiger partial charge on any atom is 0.405 e. The summed E-state index contributed by atoms with van der Waals surface area (Å²) in [6.45, 7) is 3.39. The first-order valence-electron chi connectivity index (χ1n) is 6.71. The molecule has 0 spiro atoms. The Morgan fingerprint density at radius 3 is 2.67 bits per heavy atom. The zero-order valence-electron chi connectivity index (χ0n) is 11.8. The molecule has 0 radical (unpaired) electrons. The minimum Gasteiger partial charge on any atom is -0.354 e. The van der Waals surface area contributed by atoms with E-state index in [-0.39, 0.29) is 12.4 Å². The Morgan fingerprint density at radius 1 is 1.29 bits per heavy atom. The van der Waals surface area contributed by atoms with Gasteiger partial charge in [0.15, 0.2) is 5.65 Å². The summed E-state index contributed by atoms with van der Waals surface area (Å²) in [4.78, 5) is 9.57. The molecule has 2 heterocycles. The first-order chi connectivity index (χ1) is 9.94. The van der Waals surface area contributed by atoms with Gasteiger partial charge in [-0.1, -0.05) is 6.92 Å². The molecule has 0 saturated carbocycles. The average Bonchev–Trinajstić information content (AvgIpc) is 2.89. The van der Waals surface area contributed by atoms with Crippen LogP contribution in [0.5, 0.6) is 0 Å². The zero-order chi connectivity index (χ0) is 15.5. The standard InChI is InChI=1S/C12H17F3N6/c1-3-5-16-11-18-9-8(6-17-20-9)10(19-11)21(4-2)7-12(13,14)15/h6H,3-5,7H2,1-2H3,(H2,16,17,18,19,20). The van der Waals surface area contributed by atoms with Crippen molar-refractivity contribution in [3.63, 3.8) is 0 Å². The summed E-state index contributed by atoms with van der Waals surface area (Å²) in [6, 6.07) is 0. The third-order valence-corrected chi connectivity index (χ3v) is 2.87. The van der Waals surface area contributed by atoms with E-state index >= 15 is 0 Å². The summed E-state index contributed by atoms with van der Waals surface area (Å²) in [5.41, 5.74) is 0.416. The fraction of sp³-hybridized carbons (Fsp3) is 0.583. The number of anilines is 2. The van der Waals surface area contributed by atoms with Gasteiger partial charge in [0.2, 0.25) is 5.95 Å². The molecule has 0 aliphatic carbocycles. The number of alkyl halides is 3. The van der Waals surface area contributed by atoms with Gasteiger partial charge in [0, 0.05) is 13.1 Å². The highest BCUT2D eigenvalue weighted by molar-refractivity contribution is 5.87. The first-order valence-corrected chi connectivity index (χ1v) is 6.71. The number of hydrogen-bond acceptors (Lipinski definition) is 5. The molecule has 9 heteroatoms. The molecule has 0 bridgehead atoms. The molecule has 2 aromatic heterocycles. The lowest BCUT2D eigenvalue weighted by atomic mass is 10.3. The Balaban J connectivity index is 2.41. The Kier molecular flexibility index (Phi) is 4.49. The molecular formula is C12H17F3N6. The number of H-pyrrole nitrogens is 1. The molecule has 0 aliphatic heterocycles. The maximum absolute atomic E-state index is 12.7. The fourth-order valence-electron chi connectivity index (χ4n) is 1.93. The number of hydrogen-bond donors (Lipinski definition) is 2. The first kappa shape index (κ1) is 15.3. The van der Waals surface area contributed by atoms with E-state index in [4.69, 9.17) is 0 Å². The van der Waals surface area contributed by atoms with Gasteiger partial charge < -0.3 is 10.2 Å². The second-order valence-corrected chi connectivity index (χ2v) is 4.56. The van der Waals surface area contributed by atoms with Crippen molar-refractivity contribution in [2.75, 3.05) is 29.9 Å². The molecule has 116 valence electrons. The van der Waals surface area contributed by atoms with Crippen LogP contribution >= 0.6 is 0 Å². The van der Waals surface area contributed by atoms with Gasteiger partial charge in [-0.05, 0) is 13.3 Å². The van der Waals surface area contributed by atoms with Crippen LogP contribution in [0.4, 0.5) is 24.9 Å². The highest BCUT2D eigenvalue weighted by Gasteiger charge is 2.31. The molecule has 0 amide bonds. The minimum atomic E-state index is -4.30. The Labute approximate surface area is 119 Å². The van der Waals surface area contributed by atoms with Gasteiger partial charge in [-0.25, -0.2) is 0 Å². The number of fused-ring (bicyclic) bond motifs is 1. The number of halogens is 3. The number of aromatic amines is 1. The van der Waals surface area contributed by atoms with Gasteiger partial charge in [-0.3, -0.25) is 5.10 Å².